The zero-order valence-electron chi connectivity index (χ0n) is 18.0. The number of amides is 2. The van der Waals surface area contributed by atoms with Crippen molar-refractivity contribution in [3.05, 3.63) is 83.1 Å². The number of nitrogens with one attached hydrogen (secondary N) is 2. The molecule has 7 heteroatoms. The van der Waals surface area contributed by atoms with Gasteiger partial charge in [0.25, 0.3) is 0 Å². The van der Waals surface area contributed by atoms with Crippen molar-refractivity contribution in [2.45, 2.75) is 25.3 Å². The Hall–Kier alpha value is -3.40. The SMILES string of the molecule is N#Cc1cccc(-c2ccc(N(CCNC3CCC3)C(=O)Nc3ccc(F)c(Cl)c3)cc2)c1. The summed E-state index contributed by atoms with van der Waals surface area (Å²) in [4.78, 5) is 14.8. The number of carbonyl (C=O) groups is 1. The molecule has 0 spiro atoms. The minimum Gasteiger partial charge on any atom is -0.312 e. The van der Waals surface area contributed by atoms with Crippen LogP contribution >= 0.6 is 11.6 Å². The zero-order chi connectivity index (χ0) is 23.2. The fourth-order valence-corrected chi connectivity index (χ4v) is 3.89. The Balaban J connectivity index is 1.52. The van der Waals surface area contributed by atoms with Gasteiger partial charge < -0.3 is 10.6 Å². The third-order valence-electron chi connectivity index (χ3n) is 5.79. The van der Waals surface area contributed by atoms with Gasteiger partial charge in [0.2, 0.25) is 0 Å². The number of nitriles is 1. The van der Waals surface area contributed by atoms with Gasteiger partial charge in [0, 0.05) is 30.5 Å². The molecule has 0 atom stereocenters. The minimum atomic E-state index is -0.535. The van der Waals surface area contributed by atoms with Gasteiger partial charge in [-0.2, -0.15) is 5.26 Å². The predicted octanol–water partition coefficient (Wildman–Crippen LogP) is 6.20. The van der Waals surface area contributed by atoms with Crippen LogP contribution in [0.15, 0.2) is 66.7 Å². The molecule has 5 nitrogen and oxygen atoms in total. The van der Waals surface area contributed by atoms with Crippen molar-refractivity contribution in [3.8, 4) is 17.2 Å². The summed E-state index contributed by atoms with van der Waals surface area (Å²) in [6, 6.07) is 21.5. The molecular weight excluding hydrogens is 439 g/mol. The number of benzene rings is 3. The molecule has 0 aromatic heterocycles. The Bertz CT molecular complexity index is 1170. The van der Waals surface area contributed by atoms with E-state index >= 15 is 0 Å². The summed E-state index contributed by atoms with van der Waals surface area (Å²) < 4.78 is 13.5. The maximum Gasteiger partial charge on any atom is 0.326 e. The van der Waals surface area contributed by atoms with Gasteiger partial charge in [-0.05, 0) is 66.4 Å². The standard InChI is InChI=1S/C26H24ClFN4O/c27-24-16-22(9-12-25(24)28)31-26(33)32(14-13-30-21-5-2-6-21)23-10-7-19(8-11-23)20-4-1-3-18(15-20)17-29/h1,3-4,7-12,15-16,21,30H,2,5-6,13-14H2,(H,31,33). The van der Waals surface area contributed by atoms with Crippen LogP contribution in [0.1, 0.15) is 24.8 Å². The number of nitrogens with zero attached hydrogens (tertiary/aromatic N) is 2. The molecular formula is C26H24ClFN4O. The van der Waals surface area contributed by atoms with Crippen LogP contribution in [-0.2, 0) is 0 Å². The highest BCUT2D eigenvalue weighted by Crippen LogP contribution is 2.25. The summed E-state index contributed by atoms with van der Waals surface area (Å²) in [7, 11) is 0. The largest absolute Gasteiger partial charge is 0.326 e. The summed E-state index contributed by atoms with van der Waals surface area (Å²) in [5, 5.41) is 15.4. The maximum absolute atomic E-state index is 13.5. The van der Waals surface area contributed by atoms with Crippen molar-refractivity contribution < 1.29 is 9.18 Å². The third-order valence-corrected chi connectivity index (χ3v) is 6.08. The normalized spacial score (nSPS) is 13.1. The highest BCUT2D eigenvalue weighted by molar-refractivity contribution is 6.31. The van der Waals surface area contributed by atoms with Crippen molar-refractivity contribution in [1.29, 1.82) is 5.26 Å². The van der Waals surface area contributed by atoms with Gasteiger partial charge in [-0.25, -0.2) is 9.18 Å². The second-order valence-electron chi connectivity index (χ2n) is 8.03. The molecule has 0 bridgehead atoms. The van der Waals surface area contributed by atoms with E-state index in [0.717, 1.165) is 29.7 Å². The Kier molecular flexibility index (Phi) is 7.23. The molecule has 0 heterocycles. The van der Waals surface area contributed by atoms with E-state index in [1.54, 1.807) is 11.0 Å². The molecule has 1 aliphatic carbocycles. The average molecular weight is 463 g/mol. The molecule has 1 saturated carbocycles. The molecule has 1 aliphatic rings. The van der Waals surface area contributed by atoms with E-state index in [2.05, 4.69) is 16.7 Å². The lowest BCUT2D eigenvalue weighted by atomic mass is 9.93. The minimum absolute atomic E-state index is 0.0463. The first-order valence-electron chi connectivity index (χ1n) is 10.9. The maximum atomic E-state index is 13.5. The van der Waals surface area contributed by atoms with Gasteiger partial charge in [-0.1, -0.05) is 42.3 Å². The molecule has 2 amide bonds. The second kappa shape index (κ2) is 10.5. The Labute approximate surface area is 197 Å². The first-order chi connectivity index (χ1) is 16.0. The van der Waals surface area contributed by atoms with Crippen LogP contribution in [0, 0.1) is 17.1 Å². The van der Waals surface area contributed by atoms with E-state index < -0.39 is 5.82 Å². The molecule has 0 aliphatic heterocycles. The Morgan fingerprint density at radius 1 is 1.09 bits per heavy atom. The fourth-order valence-electron chi connectivity index (χ4n) is 3.71. The molecule has 1 fully saturated rings. The first-order valence-corrected chi connectivity index (χ1v) is 11.3. The zero-order valence-corrected chi connectivity index (χ0v) is 18.8. The van der Waals surface area contributed by atoms with E-state index in [1.807, 2.05) is 42.5 Å². The van der Waals surface area contributed by atoms with Crippen molar-refractivity contribution in [3.63, 3.8) is 0 Å². The molecule has 0 unspecified atom stereocenters. The molecule has 33 heavy (non-hydrogen) atoms. The third kappa shape index (κ3) is 5.70. The quantitative estimate of drug-likeness (QED) is 0.439. The lowest BCUT2D eigenvalue weighted by molar-refractivity contribution is 0.256. The average Bonchev–Trinajstić information content (AvgIpc) is 2.80. The number of anilines is 2. The molecule has 3 aromatic rings. The summed E-state index contributed by atoms with van der Waals surface area (Å²) in [5.74, 6) is -0.535. The summed E-state index contributed by atoms with van der Waals surface area (Å²) >= 11 is 5.86. The Morgan fingerprint density at radius 2 is 1.88 bits per heavy atom. The number of rotatable bonds is 7. The van der Waals surface area contributed by atoms with Gasteiger partial charge in [-0.15, -0.1) is 0 Å². The topological polar surface area (TPSA) is 68.2 Å². The van der Waals surface area contributed by atoms with Crippen molar-refractivity contribution in [2.75, 3.05) is 23.3 Å². The van der Waals surface area contributed by atoms with Gasteiger partial charge >= 0.3 is 6.03 Å². The number of hydrogen-bond donors (Lipinski definition) is 2. The van der Waals surface area contributed by atoms with Crippen LogP contribution in [0.4, 0.5) is 20.6 Å². The van der Waals surface area contributed by atoms with Gasteiger partial charge in [0.15, 0.2) is 0 Å². The lowest BCUT2D eigenvalue weighted by Gasteiger charge is -2.29. The van der Waals surface area contributed by atoms with E-state index in [1.165, 1.54) is 24.6 Å². The monoisotopic (exact) mass is 462 g/mol. The lowest BCUT2D eigenvalue weighted by Crippen LogP contribution is -2.43. The van der Waals surface area contributed by atoms with Crippen LogP contribution in [0.5, 0.6) is 0 Å². The summed E-state index contributed by atoms with van der Waals surface area (Å²) in [6.07, 6.45) is 3.56. The van der Waals surface area contributed by atoms with Crippen LogP contribution in [0.3, 0.4) is 0 Å². The van der Waals surface area contributed by atoms with E-state index in [-0.39, 0.29) is 11.1 Å². The second-order valence-corrected chi connectivity index (χ2v) is 8.44. The van der Waals surface area contributed by atoms with Crippen LogP contribution in [-0.4, -0.2) is 25.2 Å². The first kappa shape index (κ1) is 22.8. The van der Waals surface area contributed by atoms with Gasteiger partial charge in [0.05, 0.1) is 16.7 Å². The highest BCUT2D eigenvalue weighted by atomic mass is 35.5. The van der Waals surface area contributed by atoms with Crippen LogP contribution in [0.25, 0.3) is 11.1 Å². The molecule has 3 aromatic carbocycles. The fraction of sp³-hybridized carbons (Fsp3) is 0.231. The van der Waals surface area contributed by atoms with Crippen molar-refractivity contribution >= 4 is 29.0 Å². The summed E-state index contributed by atoms with van der Waals surface area (Å²) in [5.41, 5.74) is 3.64. The van der Waals surface area contributed by atoms with E-state index in [4.69, 9.17) is 16.9 Å². The van der Waals surface area contributed by atoms with Crippen molar-refractivity contribution in [2.24, 2.45) is 0 Å². The summed E-state index contributed by atoms with van der Waals surface area (Å²) in [6.45, 7) is 1.13. The molecule has 4 rings (SSSR count). The smallest absolute Gasteiger partial charge is 0.312 e. The molecule has 2 N–H and O–H groups in total. The number of urea groups is 1. The van der Waals surface area contributed by atoms with Crippen LogP contribution in [0.2, 0.25) is 5.02 Å². The van der Waals surface area contributed by atoms with Crippen molar-refractivity contribution in [1.82, 2.24) is 5.32 Å². The number of hydrogen-bond acceptors (Lipinski definition) is 3. The van der Waals surface area contributed by atoms with Gasteiger partial charge in [0.1, 0.15) is 5.82 Å². The Morgan fingerprint density at radius 3 is 2.55 bits per heavy atom. The number of halogens is 2. The molecule has 168 valence electrons. The highest BCUT2D eigenvalue weighted by Gasteiger charge is 2.20. The van der Waals surface area contributed by atoms with E-state index in [9.17, 15) is 9.18 Å². The molecule has 0 radical (unpaired) electrons. The van der Waals surface area contributed by atoms with E-state index in [0.29, 0.717) is 30.4 Å². The van der Waals surface area contributed by atoms with Gasteiger partial charge in [-0.3, -0.25) is 4.90 Å². The molecule has 0 saturated heterocycles. The predicted molar refractivity (Wildman–Crippen MR) is 130 cm³/mol. The number of carbonyl (C=O) groups excluding carboxylic acids is 1. The van der Waals surface area contributed by atoms with Crippen LogP contribution < -0.4 is 15.5 Å².